The van der Waals surface area contributed by atoms with Gasteiger partial charge in [0.25, 0.3) is 0 Å². The average Bonchev–Trinajstić information content (AvgIpc) is 3.29. The third kappa shape index (κ3) is 2.77. The molecule has 0 saturated heterocycles. The van der Waals surface area contributed by atoms with Crippen molar-refractivity contribution in [3.05, 3.63) is 93.0 Å². The maximum absolute atomic E-state index is 13.3. The zero-order valence-corrected chi connectivity index (χ0v) is 19.4. The van der Waals surface area contributed by atoms with Gasteiger partial charge in [-0.15, -0.1) is 0 Å². The second-order valence-electron chi connectivity index (χ2n) is 8.63. The zero-order chi connectivity index (χ0) is 22.0. The number of ether oxygens (including phenoxy) is 2. The highest BCUT2D eigenvalue weighted by Gasteiger charge is 2.45. The number of rotatable bonds is 2. The van der Waals surface area contributed by atoms with Gasteiger partial charge in [0.2, 0.25) is 5.91 Å². The van der Waals surface area contributed by atoms with Crippen LogP contribution in [0.3, 0.4) is 0 Å². The van der Waals surface area contributed by atoms with Crippen molar-refractivity contribution in [3.63, 3.8) is 0 Å². The fourth-order valence-electron chi connectivity index (χ4n) is 5.52. The lowest BCUT2D eigenvalue weighted by Gasteiger charge is -2.28. The summed E-state index contributed by atoms with van der Waals surface area (Å²) in [5, 5.41) is 3.11. The van der Waals surface area contributed by atoms with Crippen molar-refractivity contribution in [1.82, 2.24) is 0 Å². The summed E-state index contributed by atoms with van der Waals surface area (Å²) < 4.78 is 13.5. The molecule has 1 N–H and O–H groups in total. The number of amides is 1. The lowest BCUT2D eigenvalue weighted by atomic mass is 9.79. The first-order valence-corrected chi connectivity index (χ1v) is 11.6. The van der Waals surface area contributed by atoms with Gasteiger partial charge in [0.1, 0.15) is 6.61 Å². The molecule has 1 amide bonds. The first-order valence-electron chi connectivity index (χ1n) is 10.8. The molecule has 3 atom stereocenters. The summed E-state index contributed by atoms with van der Waals surface area (Å²) in [7, 11) is 0. The highest BCUT2D eigenvalue weighted by Crippen LogP contribution is 2.54. The number of allylic oxidation sites excluding steroid dienone is 1. The van der Waals surface area contributed by atoms with Crippen LogP contribution in [0.4, 0.5) is 5.69 Å². The van der Waals surface area contributed by atoms with Crippen LogP contribution in [0.2, 0.25) is 0 Å². The highest BCUT2D eigenvalue weighted by molar-refractivity contribution is 9.10. The van der Waals surface area contributed by atoms with Crippen LogP contribution in [0.1, 0.15) is 41.0 Å². The summed E-state index contributed by atoms with van der Waals surface area (Å²) in [6, 6.07) is 20.1. The fourth-order valence-corrected chi connectivity index (χ4v) is 5.86. The largest absolute Gasteiger partial charge is 0.485 e. The van der Waals surface area contributed by atoms with Crippen LogP contribution < -0.4 is 14.8 Å². The number of halogens is 1. The number of benzene rings is 3. The van der Waals surface area contributed by atoms with Gasteiger partial charge in [0, 0.05) is 21.7 Å². The first kappa shape index (κ1) is 19.6. The minimum absolute atomic E-state index is 0.0452. The van der Waals surface area contributed by atoms with Gasteiger partial charge < -0.3 is 14.8 Å². The van der Waals surface area contributed by atoms with Gasteiger partial charge in [-0.3, -0.25) is 4.79 Å². The predicted molar refractivity (Wildman–Crippen MR) is 128 cm³/mol. The Morgan fingerprint density at radius 2 is 1.69 bits per heavy atom. The van der Waals surface area contributed by atoms with E-state index in [-0.39, 0.29) is 23.8 Å². The third-order valence-electron chi connectivity index (χ3n) is 6.94. The first-order chi connectivity index (χ1) is 15.5. The van der Waals surface area contributed by atoms with E-state index >= 15 is 0 Å². The number of para-hydroxylation sites is 2. The second kappa shape index (κ2) is 7.24. The monoisotopic (exact) mass is 487 g/mol. The van der Waals surface area contributed by atoms with Gasteiger partial charge in [0.15, 0.2) is 17.6 Å². The van der Waals surface area contributed by atoms with E-state index in [1.807, 2.05) is 36.4 Å². The molecule has 2 aliphatic heterocycles. The Morgan fingerprint density at radius 3 is 2.53 bits per heavy atom. The SMILES string of the molecule is CC1=C(C2COc3ccccc3O2)c2ccccc2C1C1C(=O)Nc2ccc(Br)c(C)c21. The molecule has 32 heavy (non-hydrogen) atoms. The second-order valence-corrected chi connectivity index (χ2v) is 9.48. The van der Waals surface area contributed by atoms with Crippen molar-refractivity contribution in [2.24, 2.45) is 0 Å². The van der Waals surface area contributed by atoms with Crippen molar-refractivity contribution in [1.29, 1.82) is 0 Å². The molecule has 3 aliphatic rings. The number of hydrogen-bond acceptors (Lipinski definition) is 3. The molecule has 1 aliphatic carbocycles. The van der Waals surface area contributed by atoms with Crippen molar-refractivity contribution in [2.45, 2.75) is 31.8 Å². The molecule has 160 valence electrons. The van der Waals surface area contributed by atoms with E-state index < -0.39 is 0 Å². The van der Waals surface area contributed by atoms with Crippen LogP contribution in [0.5, 0.6) is 11.5 Å². The Balaban J connectivity index is 1.49. The summed E-state index contributed by atoms with van der Waals surface area (Å²) >= 11 is 3.65. The lowest BCUT2D eigenvalue weighted by molar-refractivity contribution is -0.117. The summed E-state index contributed by atoms with van der Waals surface area (Å²) in [4.78, 5) is 13.3. The molecule has 0 fully saturated rings. The summed E-state index contributed by atoms with van der Waals surface area (Å²) in [5.41, 5.74) is 7.73. The molecule has 0 aromatic heterocycles. The Morgan fingerprint density at radius 1 is 0.938 bits per heavy atom. The van der Waals surface area contributed by atoms with E-state index in [4.69, 9.17) is 9.47 Å². The van der Waals surface area contributed by atoms with Gasteiger partial charge in [-0.1, -0.05) is 57.9 Å². The number of fused-ring (bicyclic) bond motifs is 3. The van der Waals surface area contributed by atoms with Gasteiger partial charge in [-0.05, 0) is 60.4 Å². The lowest BCUT2D eigenvalue weighted by Crippen LogP contribution is -2.30. The Hall–Kier alpha value is -3.05. The molecule has 3 aromatic rings. The standard InChI is InChI=1S/C27H22BrNO3/c1-14-18(28)11-12-19-25(14)26(27(30)29-19)24-15(2)23(16-7-3-4-8-17(16)24)22-13-31-20-9-5-6-10-21(20)32-22/h3-12,22,24,26H,13H2,1-2H3,(H,29,30). The van der Waals surface area contributed by atoms with Crippen LogP contribution in [0.15, 0.2) is 70.7 Å². The molecule has 6 rings (SSSR count). The third-order valence-corrected chi connectivity index (χ3v) is 7.80. The molecule has 0 bridgehead atoms. The van der Waals surface area contributed by atoms with Gasteiger partial charge in [0.05, 0.1) is 5.92 Å². The van der Waals surface area contributed by atoms with Gasteiger partial charge in [-0.25, -0.2) is 0 Å². The summed E-state index contributed by atoms with van der Waals surface area (Å²) in [6.45, 7) is 4.66. The van der Waals surface area contributed by atoms with E-state index in [1.54, 1.807) is 0 Å². The minimum Gasteiger partial charge on any atom is -0.485 e. The molecule has 3 aromatic carbocycles. The van der Waals surface area contributed by atoms with Crippen LogP contribution in [0.25, 0.3) is 5.57 Å². The molecular weight excluding hydrogens is 466 g/mol. The van der Waals surface area contributed by atoms with Gasteiger partial charge in [-0.2, -0.15) is 0 Å². The Kier molecular flexibility index (Phi) is 4.44. The Bertz CT molecular complexity index is 1310. The van der Waals surface area contributed by atoms with E-state index in [0.29, 0.717) is 6.61 Å². The van der Waals surface area contributed by atoms with Crippen molar-refractivity contribution < 1.29 is 14.3 Å². The maximum Gasteiger partial charge on any atom is 0.232 e. The van der Waals surface area contributed by atoms with Crippen LogP contribution in [0, 0.1) is 6.92 Å². The van der Waals surface area contributed by atoms with Crippen molar-refractivity contribution in [3.8, 4) is 11.5 Å². The molecule has 0 saturated carbocycles. The van der Waals surface area contributed by atoms with Crippen molar-refractivity contribution >= 4 is 33.1 Å². The number of anilines is 1. The number of carbonyl (C=O) groups excluding carboxylic acids is 1. The quantitative estimate of drug-likeness (QED) is 0.467. The molecule has 3 unspecified atom stereocenters. The number of carbonyl (C=O) groups is 1. The van der Waals surface area contributed by atoms with Crippen molar-refractivity contribution in [2.75, 3.05) is 11.9 Å². The predicted octanol–water partition coefficient (Wildman–Crippen LogP) is 6.20. The molecule has 5 heteroatoms. The number of hydrogen-bond donors (Lipinski definition) is 1. The fraction of sp³-hybridized carbons (Fsp3) is 0.222. The van der Waals surface area contributed by atoms with Gasteiger partial charge >= 0.3 is 0 Å². The Labute approximate surface area is 195 Å². The molecule has 2 heterocycles. The topological polar surface area (TPSA) is 47.6 Å². The van der Waals surface area contributed by atoms with Crippen LogP contribution in [-0.2, 0) is 4.79 Å². The summed E-state index contributed by atoms with van der Waals surface area (Å²) in [5.74, 6) is 1.25. The van der Waals surface area contributed by atoms with E-state index in [2.05, 4.69) is 59.4 Å². The molecule has 4 nitrogen and oxygen atoms in total. The normalized spacial score (nSPS) is 23.1. The minimum atomic E-state index is -0.280. The molecule has 0 spiro atoms. The van der Waals surface area contributed by atoms with Crippen LogP contribution in [-0.4, -0.2) is 18.6 Å². The van der Waals surface area contributed by atoms with Crippen LogP contribution >= 0.6 is 15.9 Å². The number of nitrogens with one attached hydrogen (secondary N) is 1. The van der Waals surface area contributed by atoms with E-state index in [1.165, 1.54) is 11.1 Å². The molecule has 0 radical (unpaired) electrons. The maximum atomic E-state index is 13.3. The zero-order valence-electron chi connectivity index (χ0n) is 17.8. The van der Waals surface area contributed by atoms with E-state index in [0.717, 1.165) is 43.9 Å². The smallest absolute Gasteiger partial charge is 0.232 e. The van der Waals surface area contributed by atoms with E-state index in [9.17, 15) is 4.79 Å². The highest BCUT2D eigenvalue weighted by atomic mass is 79.9. The molecular formula is C27H22BrNO3. The average molecular weight is 488 g/mol. The summed E-state index contributed by atoms with van der Waals surface area (Å²) in [6.07, 6.45) is -0.219.